The molecule has 0 radical (unpaired) electrons. The highest BCUT2D eigenvalue weighted by molar-refractivity contribution is 7.99. The zero-order valence-electron chi connectivity index (χ0n) is 12.5. The van der Waals surface area contributed by atoms with Crippen LogP contribution in [0.1, 0.15) is 43.5 Å². The third-order valence-corrected chi connectivity index (χ3v) is 5.27. The molecule has 1 aromatic heterocycles. The van der Waals surface area contributed by atoms with Crippen LogP contribution in [0.3, 0.4) is 0 Å². The molecule has 1 N–H and O–H groups in total. The summed E-state index contributed by atoms with van der Waals surface area (Å²) >= 11 is 1.88. The standard InChI is InChI=1S/C16H21N3OS/c1-3-11(2)21-10-15-18-16(20-19-15)8-12-9-17-14-7-5-4-6-13(12)14/h4-7,11-12,17H,3,8-10H2,1-2H3. The van der Waals surface area contributed by atoms with Gasteiger partial charge in [-0.25, -0.2) is 0 Å². The summed E-state index contributed by atoms with van der Waals surface area (Å²) in [5, 5.41) is 8.16. The van der Waals surface area contributed by atoms with Crippen LogP contribution in [0.25, 0.3) is 0 Å². The summed E-state index contributed by atoms with van der Waals surface area (Å²) in [6, 6.07) is 8.44. The van der Waals surface area contributed by atoms with Crippen molar-refractivity contribution in [3.8, 4) is 0 Å². The third kappa shape index (κ3) is 3.40. The molecule has 0 spiro atoms. The van der Waals surface area contributed by atoms with Gasteiger partial charge in [-0.15, -0.1) is 0 Å². The fraction of sp³-hybridized carbons (Fsp3) is 0.500. The Balaban J connectivity index is 1.61. The average Bonchev–Trinajstić information content (AvgIpc) is 3.13. The molecule has 0 fully saturated rings. The molecule has 3 rings (SSSR count). The molecule has 2 atom stereocenters. The van der Waals surface area contributed by atoms with Crippen molar-refractivity contribution in [1.82, 2.24) is 10.1 Å². The van der Waals surface area contributed by atoms with Gasteiger partial charge in [0.1, 0.15) is 0 Å². The van der Waals surface area contributed by atoms with E-state index in [-0.39, 0.29) is 0 Å². The van der Waals surface area contributed by atoms with E-state index in [2.05, 4.69) is 53.6 Å². The topological polar surface area (TPSA) is 51.0 Å². The summed E-state index contributed by atoms with van der Waals surface area (Å²) in [5.74, 6) is 2.82. The van der Waals surface area contributed by atoms with Gasteiger partial charge in [-0.2, -0.15) is 16.7 Å². The number of nitrogens with zero attached hydrogens (tertiary/aromatic N) is 2. The maximum atomic E-state index is 5.41. The van der Waals surface area contributed by atoms with Crippen molar-refractivity contribution in [2.75, 3.05) is 11.9 Å². The van der Waals surface area contributed by atoms with Crippen LogP contribution in [-0.2, 0) is 12.2 Å². The Hall–Kier alpha value is -1.49. The van der Waals surface area contributed by atoms with E-state index < -0.39 is 0 Å². The quantitative estimate of drug-likeness (QED) is 0.878. The lowest BCUT2D eigenvalue weighted by molar-refractivity contribution is 0.368. The molecule has 21 heavy (non-hydrogen) atoms. The maximum Gasteiger partial charge on any atom is 0.227 e. The van der Waals surface area contributed by atoms with Gasteiger partial charge in [0, 0.05) is 29.8 Å². The summed E-state index contributed by atoms with van der Waals surface area (Å²) in [4.78, 5) is 4.53. The highest BCUT2D eigenvalue weighted by Gasteiger charge is 2.24. The fourth-order valence-corrected chi connectivity index (χ4v) is 3.30. The van der Waals surface area contributed by atoms with Crippen LogP contribution >= 0.6 is 11.8 Å². The Bertz CT molecular complexity index is 599. The lowest BCUT2D eigenvalue weighted by Gasteiger charge is -2.06. The number of fused-ring (bicyclic) bond motifs is 1. The van der Waals surface area contributed by atoms with E-state index in [0.717, 1.165) is 30.4 Å². The van der Waals surface area contributed by atoms with Crippen molar-refractivity contribution >= 4 is 17.4 Å². The molecular formula is C16H21N3OS. The van der Waals surface area contributed by atoms with Crippen LogP contribution < -0.4 is 5.32 Å². The summed E-state index contributed by atoms with van der Waals surface area (Å²) in [5.41, 5.74) is 2.58. The predicted octanol–water partition coefficient (Wildman–Crippen LogP) is 3.85. The Morgan fingerprint density at radius 2 is 2.29 bits per heavy atom. The molecule has 1 aromatic carbocycles. The molecule has 0 amide bonds. The van der Waals surface area contributed by atoms with Gasteiger partial charge in [0.25, 0.3) is 0 Å². The van der Waals surface area contributed by atoms with Crippen molar-refractivity contribution in [3.05, 3.63) is 41.5 Å². The minimum Gasteiger partial charge on any atom is -0.384 e. The normalized spacial score (nSPS) is 18.3. The van der Waals surface area contributed by atoms with E-state index in [1.165, 1.54) is 17.7 Å². The molecule has 4 nitrogen and oxygen atoms in total. The Morgan fingerprint density at radius 1 is 1.43 bits per heavy atom. The zero-order valence-corrected chi connectivity index (χ0v) is 13.3. The molecule has 5 heteroatoms. The van der Waals surface area contributed by atoms with E-state index in [1.54, 1.807) is 0 Å². The molecule has 1 aliphatic rings. The molecule has 2 unspecified atom stereocenters. The first-order chi connectivity index (χ1) is 10.3. The van der Waals surface area contributed by atoms with Gasteiger partial charge in [0.05, 0.1) is 5.75 Å². The van der Waals surface area contributed by atoms with Crippen molar-refractivity contribution < 1.29 is 4.52 Å². The molecule has 0 saturated carbocycles. The highest BCUT2D eigenvalue weighted by Crippen LogP contribution is 2.33. The number of thioether (sulfide) groups is 1. The number of hydrogen-bond donors (Lipinski definition) is 1. The van der Waals surface area contributed by atoms with Crippen LogP contribution in [0.2, 0.25) is 0 Å². The fourth-order valence-electron chi connectivity index (χ4n) is 2.52. The van der Waals surface area contributed by atoms with Crippen molar-refractivity contribution in [1.29, 1.82) is 0 Å². The molecule has 112 valence electrons. The van der Waals surface area contributed by atoms with Gasteiger partial charge < -0.3 is 9.84 Å². The Kier molecular flexibility index (Phi) is 4.48. The first-order valence-electron chi connectivity index (χ1n) is 7.52. The van der Waals surface area contributed by atoms with Crippen molar-refractivity contribution in [2.45, 2.75) is 43.6 Å². The largest absolute Gasteiger partial charge is 0.384 e. The monoisotopic (exact) mass is 303 g/mol. The summed E-state index contributed by atoms with van der Waals surface area (Å²) < 4.78 is 5.41. The lowest BCUT2D eigenvalue weighted by Crippen LogP contribution is -2.05. The number of benzene rings is 1. The molecule has 0 bridgehead atoms. The Labute approximate surface area is 129 Å². The second-order valence-electron chi connectivity index (χ2n) is 5.50. The van der Waals surface area contributed by atoms with Gasteiger partial charge in [-0.05, 0) is 18.1 Å². The summed E-state index contributed by atoms with van der Waals surface area (Å²) in [6.45, 7) is 5.37. The molecule has 2 heterocycles. The maximum absolute atomic E-state index is 5.41. The number of aromatic nitrogens is 2. The third-order valence-electron chi connectivity index (χ3n) is 3.94. The number of hydrogen-bond acceptors (Lipinski definition) is 5. The van der Waals surface area contributed by atoms with Gasteiger partial charge in [-0.1, -0.05) is 37.2 Å². The van der Waals surface area contributed by atoms with Gasteiger partial charge in [0.2, 0.25) is 5.89 Å². The Morgan fingerprint density at radius 3 is 3.14 bits per heavy atom. The van der Waals surface area contributed by atoms with E-state index in [1.807, 2.05) is 11.8 Å². The van der Waals surface area contributed by atoms with Crippen molar-refractivity contribution in [3.63, 3.8) is 0 Å². The first-order valence-corrected chi connectivity index (χ1v) is 8.57. The lowest BCUT2D eigenvalue weighted by atomic mass is 9.98. The number of anilines is 1. The second-order valence-corrected chi connectivity index (χ2v) is 6.93. The molecule has 2 aromatic rings. The number of rotatable bonds is 6. The molecular weight excluding hydrogens is 282 g/mol. The number of nitrogens with one attached hydrogen (secondary N) is 1. The van der Waals surface area contributed by atoms with E-state index in [4.69, 9.17) is 4.52 Å². The zero-order chi connectivity index (χ0) is 14.7. The van der Waals surface area contributed by atoms with Crippen LogP contribution in [0.15, 0.2) is 28.8 Å². The number of para-hydroxylation sites is 1. The van der Waals surface area contributed by atoms with Gasteiger partial charge >= 0.3 is 0 Å². The van der Waals surface area contributed by atoms with Crippen LogP contribution in [0.5, 0.6) is 0 Å². The van der Waals surface area contributed by atoms with E-state index in [9.17, 15) is 0 Å². The van der Waals surface area contributed by atoms with E-state index in [0.29, 0.717) is 11.2 Å². The molecule has 1 aliphatic heterocycles. The van der Waals surface area contributed by atoms with Gasteiger partial charge in [-0.3, -0.25) is 0 Å². The second kappa shape index (κ2) is 6.52. The predicted molar refractivity (Wildman–Crippen MR) is 86.7 cm³/mol. The SMILES string of the molecule is CCC(C)SCc1noc(CC2CNc3ccccc32)n1. The minimum atomic E-state index is 0.428. The minimum absolute atomic E-state index is 0.428. The summed E-state index contributed by atoms with van der Waals surface area (Å²) in [6.07, 6.45) is 1.98. The summed E-state index contributed by atoms with van der Waals surface area (Å²) in [7, 11) is 0. The highest BCUT2D eigenvalue weighted by atomic mass is 32.2. The van der Waals surface area contributed by atoms with Crippen LogP contribution in [0.4, 0.5) is 5.69 Å². The van der Waals surface area contributed by atoms with Crippen molar-refractivity contribution in [2.24, 2.45) is 0 Å². The van der Waals surface area contributed by atoms with E-state index >= 15 is 0 Å². The molecule has 0 saturated heterocycles. The van der Waals surface area contributed by atoms with Gasteiger partial charge in [0.15, 0.2) is 5.82 Å². The smallest absolute Gasteiger partial charge is 0.227 e. The van der Waals surface area contributed by atoms with Crippen LogP contribution in [0, 0.1) is 0 Å². The average molecular weight is 303 g/mol. The first kappa shape index (κ1) is 14.4. The molecule has 0 aliphatic carbocycles. The van der Waals surface area contributed by atoms with Crippen LogP contribution in [-0.4, -0.2) is 21.9 Å².